The van der Waals surface area contributed by atoms with Gasteiger partial charge in [-0.05, 0) is 55.8 Å². The second-order valence-electron chi connectivity index (χ2n) is 6.35. The Balaban J connectivity index is 1.81. The molecule has 6 heteroatoms. The van der Waals surface area contributed by atoms with E-state index in [4.69, 9.17) is 4.74 Å². The third-order valence-corrected chi connectivity index (χ3v) is 4.30. The van der Waals surface area contributed by atoms with E-state index in [1.165, 1.54) is 18.2 Å². The number of benzene rings is 3. The summed E-state index contributed by atoms with van der Waals surface area (Å²) in [5.41, 5.74) is 2.03. The molecule has 3 aromatic carbocycles. The molecular formula is C23H21FN2O3. The summed E-state index contributed by atoms with van der Waals surface area (Å²) < 4.78 is 19.4. The monoisotopic (exact) mass is 392 g/mol. The fraction of sp³-hybridized carbons (Fsp3) is 0.130. The van der Waals surface area contributed by atoms with E-state index in [0.29, 0.717) is 29.3 Å². The number of halogens is 1. The molecule has 0 bridgehead atoms. The molecule has 0 saturated heterocycles. The molecule has 0 aliphatic carbocycles. The molecule has 0 aliphatic heterocycles. The first-order chi connectivity index (χ1) is 14.0. The highest BCUT2D eigenvalue weighted by atomic mass is 19.1. The molecule has 5 nitrogen and oxygen atoms in total. The van der Waals surface area contributed by atoms with Gasteiger partial charge in [0.2, 0.25) is 0 Å². The van der Waals surface area contributed by atoms with E-state index in [2.05, 4.69) is 10.6 Å². The third-order valence-electron chi connectivity index (χ3n) is 4.30. The maximum Gasteiger partial charge on any atom is 0.258 e. The molecule has 0 heterocycles. The van der Waals surface area contributed by atoms with Crippen LogP contribution >= 0.6 is 0 Å². The highest BCUT2D eigenvalue weighted by Gasteiger charge is 2.15. The van der Waals surface area contributed by atoms with Crippen LogP contribution in [0.3, 0.4) is 0 Å². The second kappa shape index (κ2) is 9.01. The number of hydrogen-bond donors (Lipinski definition) is 2. The third kappa shape index (κ3) is 4.79. The van der Waals surface area contributed by atoms with Crippen LogP contribution in [0, 0.1) is 12.7 Å². The van der Waals surface area contributed by atoms with Crippen molar-refractivity contribution in [2.75, 3.05) is 17.2 Å². The number of nitrogens with one attached hydrogen (secondary N) is 2. The van der Waals surface area contributed by atoms with Crippen LogP contribution in [0.5, 0.6) is 5.75 Å². The maximum absolute atomic E-state index is 13.9. The van der Waals surface area contributed by atoms with Crippen LogP contribution < -0.4 is 15.4 Å². The quantitative estimate of drug-likeness (QED) is 0.618. The van der Waals surface area contributed by atoms with E-state index in [1.54, 1.807) is 49.4 Å². The molecule has 0 fully saturated rings. The fourth-order valence-corrected chi connectivity index (χ4v) is 2.78. The maximum atomic E-state index is 13.9. The zero-order valence-electron chi connectivity index (χ0n) is 16.2. The van der Waals surface area contributed by atoms with Crippen molar-refractivity contribution in [3.63, 3.8) is 0 Å². The molecule has 148 valence electrons. The normalized spacial score (nSPS) is 10.3. The highest BCUT2D eigenvalue weighted by molar-refractivity contribution is 6.08. The Bertz CT molecular complexity index is 1050. The lowest BCUT2D eigenvalue weighted by Gasteiger charge is -2.13. The van der Waals surface area contributed by atoms with E-state index in [-0.39, 0.29) is 11.5 Å². The van der Waals surface area contributed by atoms with Crippen molar-refractivity contribution in [2.24, 2.45) is 0 Å². The lowest BCUT2D eigenvalue weighted by Crippen LogP contribution is -2.16. The summed E-state index contributed by atoms with van der Waals surface area (Å²) in [4.78, 5) is 25.1. The molecule has 2 amide bonds. The van der Waals surface area contributed by atoms with E-state index < -0.39 is 11.7 Å². The number of hydrogen-bond acceptors (Lipinski definition) is 3. The molecule has 3 aromatic rings. The van der Waals surface area contributed by atoms with Crippen LogP contribution in [-0.4, -0.2) is 18.4 Å². The molecular weight excluding hydrogens is 371 g/mol. The summed E-state index contributed by atoms with van der Waals surface area (Å²) in [5, 5.41) is 5.49. The van der Waals surface area contributed by atoms with Gasteiger partial charge in [0.05, 0.1) is 17.9 Å². The van der Waals surface area contributed by atoms with Crippen LogP contribution in [0.2, 0.25) is 0 Å². The van der Waals surface area contributed by atoms with Crippen molar-refractivity contribution in [1.82, 2.24) is 0 Å². The summed E-state index contributed by atoms with van der Waals surface area (Å²) in [7, 11) is 0. The second-order valence-corrected chi connectivity index (χ2v) is 6.35. The summed E-state index contributed by atoms with van der Waals surface area (Å²) in [6.45, 7) is 4.13. The van der Waals surface area contributed by atoms with Gasteiger partial charge in [-0.25, -0.2) is 4.39 Å². The molecule has 0 aliphatic rings. The van der Waals surface area contributed by atoms with Crippen LogP contribution in [0.25, 0.3) is 0 Å². The Labute approximate surface area is 168 Å². The van der Waals surface area contributed by atoms with Gasteiger partial charge in [-0.2, -0.15) is 0 Å². The molecule has 0 spiro atoms. The number of ether oxygens (including phenoxy) is 1. The predicted octanol–water partition coefficient (Wildman–Crippen LogP) is 5.04. The number of carbonyl (C=O) groups is 2. The number of amides is 2. The minimum atomic E-state index is -0.607. The standard InChI is InChI=1S/C23H21FN2O3/c1-3-29-21-11-7-6-10-19(21)25-22(27)16-13-12-15(2)20(14-16)26-23(28)17-8-4-5-9-18(17)24/h4-14H,3H2,1-2H3,(H,25,27)(H,26,28). The lowest BCUT2D eigenvalue weighted by atomic mass is 10.1. The van der Waals surface area contributed by atoms with Gasteiger partial charge in [-0.15, -0.1) is 0 Å². The van der Waals surface area contributed by atoms with Crippen molar-refractivity contribution in [2.45, 2.75) is 13.8 Å². The highest BCUT2D eigenvalue weighted by Crippen LogP contribution is 2.25. The van der Waals surface area contributed by atoms with Crippen molar-refractivity contribution < 1.29 is 18.7 Å². The average molecular weight is 392 g/mol. The van der Waals surface area contributed by atoms with Gasteiger partial charge >= 0.3 is 0 Å². The number of aryl methyl sites for hydroxylation is 1. The van der Waals surface area contributed by atoms with Crippen molar-refractivity contribution in [1.29, 1.82) is 0 Å². The van der Waals surface area contributed by atoms with Crippen molar-refractivity contribution in [3.8, 4) is 5.75 Å². The van der Waals surface area contributed by atoms with Gasteiger partial charge in [-0.3, -0.25) is 9.59 Å². The molecule has 2 N–H and O–H groups in total. The Morgan fingerprint density at radius 2 is 1.59 bits per heavy atom. The average Bonchev–Trinajstić information content (AvgIpc) is 2.71. The molecule has 29 heavy (non-hydrogen) atoms. The van der Waals surface area contributed by atoms with Crippen LogP contribution in [0.1, 0.15) is 33.2 Å². The summed E-state index contributed by atoms with van der Waals surface area (Å²) >= 11 is 0. The van der Waals surface area contributed by atoms with Gasteiger partial charge in [-0.1, -0.05) is 30.3 Å². The summed E-state index contributed by atoms with van der Waals surface area (Å²) in [6.07, 6.45) is 0. The van der Waals surface area contributed by atoms with E-state index in [0.717, 1.165) is 5.56 Å². The number of carbonyl (C=O) groups excluding carboxylic acids is 2. The minimum absolute atomic E-state index is 0.0626. The SMILES string of the molecule is CCOc1ccccc1NC(=O)c1ccc(C)c(NC(=O)c2ccccc2F)c1. The molecule has 0 aromatic heterocycles. The molecule has 0 atom stereocenters. The topological polar surface area (TPSA) is 67.4 Å². The number of rotatable bonds is 6. The van der Waals surface area contributed by atoms with Crippen LogP contribution in [-0.2, 0) is 0 Å². The lowest BCUT2D eigenvalue weighted by molar-refractivity contribution is 0.101. The van der Waals surface area contributed by atoms with Gasteiger partial charge in [0, 0.05) is 11.3 Å². The molecule has 0 unspecified atom stereocenters. The van der Waals surface area contributed by atoms with Gasteiger partial charge in [0.25, 0.3) is 11.8 Å². The Hall–Kier alpha value is -3.67. The van der Waals surface area contributed by atoms with Crippen molar-refractivity contribution in [3.05, 3.63) is 89.2 Å². The Kier molecular flexibility index (Phi) is 6.24. The van der Waals surface area contributed by atoms with Gasteiger partial charge in [0.1, 0.15) is 11.6 Å². The van der Waals surface area contributed by atoms with E-state index in [9.17, 15) is 14.0 Å². The van der Waals surface area contributed by atoms with Crippen LogP contribution in [0.15, 0.2) is 66.7 Å². The number of para-hydroxylation sites is 2. The zero-order chi connectivity index (χ0) is 20.8. The first-order valence-corrected chi connectivity index (χ1v) is 9.19. The fourth-order valence-electron chi connectivity index (χ4n) is 2.78. The van der Waals surface area contributed by atoms with Crippen LogP contribution in [0.4, 0.5) is 15.8 Å². The summed E-state index contributed by atoms with van der Waals surface area (Å²) in [6, 6.07) is 17.8. The smallest absolute Gasteiger partial charge is 0.258 e. The van der Waals surface area contributed by atoms with Crippen molar-refractivity contribution >= 4 is 23.2 Å². The first kappa shape index (κ1) is 20.1. The zero-order valence-corrected chi connectivity index (χ0v) is 16.2. The molecule has 3 rings (SSSR count). The Morgan fingerprint density at radius 1 is 0.897 bits per heavy atom. The molecule has 0 saturated carbocycles. The summed E-state index contributed by atoms with van der Waals surface area (Å²) in [5.74, 6) is -0.961. The number of anilines is 2. The van der Waals surface area contributed by atoms with Gasteiger partial charge < -0.3 is 15.4 Å². The largest absolute Gasteiger partial charge is 0.492 e. The van der Waals surface area contributed by atoms with E-state index in [1.807, 2.05) is 13.0 Å². The minimum Gasteiger partial charge on any atom is -0.492 e. The van der Waals surface area contributed by atoms with Gasteiger partial charge in [0.15, 0.2) is 0 Å². The molecule has 0 radical (unpaired) electrons. The first-order valence-electron chi connectivity index (χ1n) is 9.19. The predicted molar refractivity (Wildman–Crippen MR) is 111 cm³/mol. The van der Waals surface area contributed by atoms with E-state index >= 15 is 0 Å². The Morgan fingerprint density at radius 3 is 2.34 bits per heavy atom.